The fourth-order valence-electron chi connectivity index (χ4n) is 1.81. The van der Waals surface area contributed by atoms with Crippen LogP contribution in [-0.4, -0.2) is 31.0 Å². The highest BCUT2D eigenvalue weighted by atomic mass is 31.2. The lowest BCUT2D eigenvalue weighted by molar-refractivity contribution is 0.227. The highest BCUT2D eigenvalue weighted by Crippen LogP contribution is 2.69. The minimum atomic E-state index is -2.20. The Labute approximate surface area is 89.4 Å². The van der Waals surface area contributed by atoms with Gasteiger partial charge in [0.05, 0.1) is 13.1 Å². The summed E-state index contributed by atoms with van der Waals surface area (Å²) in [6.07, 6.45) is 0. The van der Waals surface area contributed by atoms with Crippen molar-refractivity contribution in [2.24, 2.45) is 0 Å². The number of benzene rings is 1. The highest BCUT2D eigenvalue weighted by Gasteiger charge is 2.62. The first-order chi connectivity index (χ1) is 7.39. The fraction of sp³-hybridized carbons (Fsp3) is 0.400. The average Bonchev–Trinajstić information content (AvgIpc) is 2.78. The third-order valence-electron chi connectivity index (χ3n) is 2.52. The van der Waals surface area contributed by atoms with Crippen LogP contribution < -0.4 is 4.52 Å². The van der Waals surface area contributed by atoms with E-state index >= 15 is 0 Å². The van der Waals surface area contributed by atoms with Gasteiger partial charge in [0.25, 0.3) is 0 Å². The lowest BCUT2D eigenvalue weighted by atomic mass is 10.3. The van der Waals surface area contributed by atoms with Gasteiger partial charge in [-0.3, -0.25) is 4.52 Å². The van der Waals surface area contributed by atoms with E-state index in [9.17, 15) is 0 Å². The predicted octanol–water partition coefficient (Wildman–Crippen LogP) is 2.11. The number of hydrogen-bond acceptors (Lipinski definition) is 4. The number of para-hydroxylation sites is 1. The third-order valence-corrected chi connectivity index (χ3v) is 5.07. The molecule has 2 saturated heterocycles. The van der Waals surface area contributed by atoms with E-state index in [4.69, 9.17) is 13.6 Å². The van der Waals surface area contributed by atoms with E-state index in [-0.39, 0.29) is 0 Å². The van der Waals surface area contributed by atoms with Crippen molar-refractivity contribution >= 4 is 8.09 Å². The normalized spacial score (nSPS) is 24.0. The van der Waals surface area contributed by atoms with E-state index in [1.165, 1.54) is 0 Å². The monoisotopic (exact) mass is 226 g/mol. The Morgan fingerprint density at radius 3 is 2.40 bits per heavy atom. The highest BCUT2D eigenvalue weighted by molar-refractivity contribution is 7.60. The van der Waals surface area contributed by atoms with Crippen LogP contribution >= 0.6 is 8.09 Å². The molecular formula is C10H13NO3P+. The van der Waals surface area contributed by atoms with Gasteiger partial charge in [0.15, 0.2) is 5.75 Å². The summed E-state index contributed by atoms with van der Waals surface area (Å²) in [7, 11) is -2.20. The van der Waals surface area contributed by atoms with Crippen LogP contribution in [0.25, 0.3) is 0 Å². The maximum Gasteiger partial charge on any atom is 0.549 e. The molecule has 4 nitrogen and oxygen atoms in total. The van der Waals surface area contributed by atoms with Gasteiger partial charge in [0.1, 0.15) is 13.2 Å². The molecule has 0 saturated carbocycles. The molecule has 0 aliphatic carbocycles. The van der Waals surface area contributed by atoms with Crippen LogP contribution in [0.15, 0.2) is 30.3 Å². The van der Waals surface area contributed by atoms with Crippen molar-refractivity contribution in [3.05, 3.63) is 30.3 Å². The van der Waals surface area contributed by atoms with Gasteiger partial charge < -0.3 is 0 Å². The number of fused-ring (bicyclic) bond motifs is 1. The van der Waals surface area contributed by atoms with Crippen LogP contribution in [0.3, 0.4) is 0 Å². The van der Waals surface area contributed by atoms with Gasteiger partial charge in [-0.2, -0.15) is 9.05 Å². The molecular weight excluding hydrogens is 213 g/mol. The molecule has 0 amide bonds. The molecule has 0 radical (unpaired) electrons. The van der Waals surface area contributed by atoms with E-state index in [1.54, 1.807) is 0 Å². The van der Waals surface area contributed by atoms with Crippen molar-refractivity contribution in [3.63, 3.8) is 0 Å². The van der Waals surface area contributed by atoms with E-state index < -0.39 is 8.09 Å². The molecule has 2 heterocycles. The van der Waals surface area contributed by atoms with E-state index in [0.29, 0.717) is 13.2 Å². The zero-order valence-electron chi connectivity index (χ0n) is 8.33. The molecule has 0 atom stereocenters. The molecule has 2 fully saturated rings. The van der Waals surface area contributed by atoms with Gasteiger partial charge in [0.2, 0.25) is 0 Å². The average molecular weight is 226 g/mol. The van der Waals surface area contributed by atoms with Gasteiger partial charge in [-0.15, -0.1) is 0 Å². The first-order valence-electron chi connectivity index (χ1n) is 5.07. The Balaban J connectivity index is 1.82. The number of hydrogen-bond donors (Lipinski definition) is 0. The molecule has 5 heteroatoms. The molecule has 0 N–H and O–H groups in total. The van der Waals surface area contributed by atoms with Crippen LogP contribution in [0.5, 0.6) is 5.75 Å². The molecule has 0 bridgehead atoms. The summed E-state index contributed by atoms with van der Waals surface area (Å²) < 4.78 is 19.4. The Morgan fingerprint density at radius 1 is 1.07 bits per heavy atom. The largest absolute Gasteiger partial charge is 0.549 e. The molecule has 1 aromatic rings. The molecule has 0 spiro atoms. The molecule has 2 aliphatic heterocycles. The Hall–Kier alpha value is -0.670. The second-order valence-corrected chi connectivity index (χ2v) is 5.69. The van der Waals surface area contributed by atoms with Crippen molar-refractivity contribution in [1.82, 2.24) is 4.67 Å². The summed E-state index contributed by atoms with van der Waals surface area (Å²) in [4.78, 5) is 0. The van der Waals surface area contributed by atoms with Crippen molar-refractivity contribution in [1.29, 1.82) is 0 Å². The van der Waals surface area contributed by atoms with Gasteiger partial charge in [-0.25, -0.2) is 0 Å². The fourth-order valence-corrected chi connectivity index (χ4v) is 4.09. The molecule has 15 heavy (non-hydrogen) atoms. The molecule has 0 unspecified atom stereocenters. The first-order valence-corrected chi connectivity index (χ1v) is 6.57. The third kappa shape index (κ3) is 1.64. The molecule has 2 aliphatic rings. The number of nitrogens with zero attached hydrogens (tertiary/aromatic N) is 1. The molecule has 3 rings (SSSR count). The Kier molecular flexibility index (Phi) is 2.37. The topological polar surface area (TPSA) is 30.9 Å². The van der Waals surface area contributed by atoms with Crippen LogP contribution in [0.2, 0.25) is 0 Å². The number of rotatable bonds is 2. The quantitative estimate of drug-likeness (QED) is 0.722. The van der Waals surface area contributed by atoms with Crippen molar-refractivity contribution in [3.8, 4) is 5.75 Å². The summed E-state index contributed by atoms with van der Waals surface area (Å²) >= 11 is 0. The van der Waals surface area contributed by atoms with Gasteiger partial charge in [-0.05, 0) is 12.1 Å². The van der Waals surface area contributed by atoms with Crippen molar-refractivity contribution in [2.75, 3.05) is 26.3 Å². The standard InChI is InChI=1S/C10H13NO3P/c1-2-4-10(5-3-1)14-15-11(6-8-12-15)7-9-13-15/h1-5H,6-9H2/q+1. The summed E-state index contributed by atoms with van der Waals surface area (Å²) in [6.45, 7) is 3.25. The Morgan fingerprint density at radius 2 is 1.73 bits per heavy atom. The molecule has 80 valence electrons. The maximum absolute atomic E-state index is 5.88. The van der Waals surface area contributed by atoms with Crippen molar-refractivity contribution in [2.45, 2.75) is 0 Å². The van der Waals surface area contributed by atoms with E-state index in [0.717, 1.165) is 18.8 Å². The summed E-state index contributed by atoms with van der Waals surface area (Å²) in [6, 6.07) is 9.71. The zero-order chi connectivity index (χ0) is 10.1. The Bertz CT molecular complexity index is 336. The SMILES string of the molecule is c1ccc(O[P+]23OCCN2CCO3)cc1. The van der Waals surface area contributed by atoms with Gasteiger partial charge in [0, 0.05) is 0 Å². The van der Waals surface area contributed by atoms with E-state index in [2.05, 4.69) is 4.67 Å². The van der Waals surface area contributed by atoms with Crippen LogP contribution in [0, 0.1) is 0 Å². The van der Waals surface area contributed by atoms with Gasteiger partial charge >= 0.3 is 8.09 Å². The molecule has 0 aromatic heterocycles. The van der Waals surface area contributed by atoms with Crippen molar-refractivity contribution < 1.29 is 13.6 Å². The minimum Gasteiger partial charge on any atom is -0.270 e. The minimum absolute atomic E-state index is 0.709. The maximum atomic E-state index is 5.88. The molecule has 1 aromatic carbocycles. The summed E-state index contributed by atoms with van der Waals surface area (Å²) in [5, 5.41) is 0. The van der Waals surface area contributed by atoms with Crippen LogP contribution in [0.4, 0.5) is 0 Å². The van der Waals surface area contributed by atoms with Crippen LogP contribution in [0.1, 0.15) is 0 Å². The summed E-state index contributed by atoms with van der Waals surface area (Å²) in [5.41, 5.74) is 0. The zero-order valence-corrected chi connectivity index (χ0v) is 9.23. The predicted molar refractivity (Wildman–Crippen MR) is 57.5 cm³/mol. The van der Waals surface area contributed by atoms with Gasteiger partial charge in [-0.1, -0.05) is 22.9 Å². The smallest absolute Gasteiger partial charge is 0.270 e. The second-order valence-electron chi connectivity index (χ2n) is 3.49. The second kappa shape index (κ2) is 3.72. The van der Waals surface area contributed by atoms with E-state index in [1.807, 2.05) is 30.3 Å². The van der Waals surface area contributed by atoms with Crippen LogP contribution in [-0.2, 0) is 9.05 Å². The summed E-state index contributed by atoms with van der Waals surface area (Å²) in [5.74, 6) is 0.819. The lowest BCUT2D eigenvalue weighted by Crippen LogP contribution is -2.17. The first kappa shape index (κ1) is 9.55. The lowest BCUT2D eigenvalue weighted by Gasteiger charge is -2.15.